The number of aromatic amines is 1. The SMILES string of the molecule is CCc1cccc2c(C(=O)CN3C(=O)NC(C)(CCc4ccccc4)C3=O)c[nH]c12. The van der Waals surface area contributed by atoms with E-state index < -0.39 is 11.6 Å². The third-order valence-corrected chi connectivity index (χ3v) is 5.89. The summed E-state index contributed by atoms with van der Waals surface area (Å²) in [7, 11) is 0. The first-order valence-corrected chi connectivity index (χ1v) is 10.2. The second-order valence-electron chi connectivity index (χ2n) is 7.96. The van der Waals surface area contributed by atoms with Gasteiger partial charge in [0.05, 0.1) is 6.54 Å². The maximum absolute atomic E-state index is 13.0. The van der Waals surface area contributed by atoms with Crippen molar-refractivity contribution >= 4 is 28.6 Å². The molecule has 30 heavy (non-hydrogen) atoms. The highest BCUT2D eigenvalue weighted by molar-refractivity contribution is 6.14. The Morgan fingerprint density at radius 1 is 1.07 bits per heavy atom. The number of fused-ring (bicyclic) bond motifs is 1. The summed E-state index contributed by atoms with van der Waals surface area (Å²) in [4.78, 5) is 42.7. The lowest BCUT2D eigenvalue weighted by atomic mass is 9.93. The van der Waals surface area contributed by atoms with E-state index in [-0.39, 0.29) is 18.2 Å². The van der Waals surface area contributed by atoms with Gasteiger partial charge in [0, 0.05) is 22.7 Å². The molecule has 6 nitrogen and oxygen atoms in total. The summed E-state index contributed by atoms with van der Waals surface area (Å²) >= 11 is 0. The van der Waals surface area contributed by atoms with Crippen LogP contribution in [0.25, 0.3) is 10.9 Å². The van der Waals surface area contributed by atoms with Crippen LogP contribution < -0.4 is 5.32 Å². The predicted molar refractivity (Wildman–Crippen MR) is 115 cm³/mol. The molecular weight excluding hydrogens is 378 g/mol. The lowest BCUT2D eigenvalue weighted by molar-refractivity contribution is -0.130. The topological polar surface area (TPSA) is 82.3 Å². The number of hydrogen-bond donors (Lipinski definition) is 2. The number of urea groups is 1. The van der Waals surface area contributed by atoms with Gasteiger partial charge in [0.2, 0.25) is 0 Å². The number of ketones is 1. The fourth-order valence-electron chi connectivity index (χ4n) is 4.07. The minimum Gasteiger partial charge on any atom is -0.360 e. The minimum atomic E-state index is -1.01. The van der Waals surface area contributed by atoms with Crippen molar-refractivity contribution in [2.45, 2.75) is 38.6 Å². The van der Waals surface area contributed by atoms with Gasteiger partial charge in [-0.15, -0.1) is 0 Å². The van der Waals surface area contributed by atoms with E-state index in [1.54, 1.807) is 13.1 Å². The van der Waals surface area contributed by atoms with Gasteiger partial charge >= 0.3 is 6.03 Å². The third kappa shape index (κ3) is 3.49. The molecule has 1 atom stereocenters. The van der Waals surface area contributed by atoms with Crippen molar-refractivity contribution in [1.82, 2.24) is 15.2 Å². The molecule has 1 saturated heterocycles. The van der Waals surface area contributed by atoms with Crippen LogP contribution in [0.3, 0.4) is 0 Å². The number of carbonyl (C=O) groups is 3. The van der Waals surface area contributed by atoms with E-state index in [1.165, 1.54) is 0 Å². The standard InChI is InChI=1S/C24H25N3O3/c1-3-17-10-7-11-18-19(14-25-21(17)18)20(28)15-27-22(29)24(2,26-23(27)30)13-12-16-8-5-4-6-9-16/h4-11,14,25H,3,12-13,15H2,1-2H3,(H,26,30). The second kappa shape index (κ2) is 7.78. The van der Waals surface area contributed by atoms with Crippen LogP contribution in [-0.2, 0) is 17.6 Å². The number of nitrogens with one attached hydrogen (secondary N) is 2. The highest BCUT2D eigenvalue weighted by Gasteiger charge is 2.47. The highest BCUT2D eigenvalue weighted by Crippen LogP contribution is 2.26. The number of carbonyl (C=O) groups excluding carboxylic acids is 3. The highest BCUT2D eigenvalue weighted by atomic mass is 16.2. The summed E-state index contributed by atoms with van der Waals surface area (Å²) in [6.07, 6.45) is 3.64. The Bertz CT molecular complexity index is 1120. The van der Waals surface area contributed by atoms with Gasteiger partial charge in [-0.2, -0.15) is 0 Å². The zero-order valence-electron chi connectivity index (χ0n) is 17.2. The first-order valence-electron chi connectivity index (χ1n) is 10.2. The van der Waals surface area contributed by atoms with Crippen LogP contribution >= 0.6 is 0 Å². The fourth-order valence-corrected chi connectivity index (χ4v) is 4.07. The van der Waals surface area contributed by atoms with Crippen LogP contribution in [0.2, 0.25) is 0 Å². The number of nitrogens with zero attached hydrogens (tertiary/aromatic N) is 1. The van der Waals surface area contributed by atoms with E-state index in [0.29, 0.717) is 18.4 Å². The number of hydrogen-bond acceptors (Lipinski definition) is 3. The monoisotopic (exact) mass is 403 g/mol. The van der Waals surface area contributed by atoms with Crippen molar-refractivity contribution in [3.63, 3.8) is 0 Å². The van der Waals surface area contributed by atoms with Gasteiger partial charge in [-0.1, -0.05) is 55.5 Å². The van der Waals surface area contributed by atoms with Gasteiger partial charge < -0.3 is 10.3 Å². The average Bonchev–Trinajstić information content (AvgIpc) is 3.28. The van der Waals surface area contributed by atoms with E-state index in [9.17, 15) is 14.4 Å². The average molecular weight is 403 g/mol. The largest absolute Gasteiger partial charge is 0.360 e. The summed E-state index contributed by atoms with van der Waals surface area (Å²) in [5.74, 6) is -0.615. The van der Waals surface area contributed by atoms with Gasteiger partial charge in [0.25, 0.3) is 5.91 Å². The lowest BCUT2D eigenvalue weighted by Gasteiger charge is -2.21. The Morgan fingerprint density at radius 2 is 1.83 bits per heavy atom. The number of para-hydroxylation sites is 1. The maximum Gasteiger partial charge on any atom is 0.325 e. The molecule has 0 spiro atoms. The molecule has 2 heterocycles. The molecular formula is C24H25N3O3. The van der Waals surface area contributed by atoms with Crippen LogP contribution in [0.4, 0.5) is 4.79 Å². The predicted octanol–water partition coefficient (Wildman–Crippen LogP) is 3.86. The van der Waals surface area contributed by atoms with Crippen molar-refractivity contribution in [3.05, 3.63) is 71.4 Å². The van der Waals surface area contributed by atoms with E-state index in [0.717, 1.165) is 33.4 Å². The third-order valence-electron chi connectivity index (χ3n) is 5.89. The van der Waals surface area contributed by atoms with Crippen LogP contribution in [0.1, 0.15) is 41.8 Å². The first kappa shape index (κ1) is 19.9. The Balaban J connectivity index is 1.50. The summed E-state index contributed by atoms with van der Waals surface area (Å²) in [6, 6.07) is 15.1. The summed E-state index contributed by atoms with van der Waals surface area (Å²) in [6.45, 7) is 3.51. The molecule has 1 aliphatic rings. The van der Waals surface area contributed by atoms with E-state index in [2.05, 4.69) is 17.2 Å². The zero-order chi connectivity index (χ0) is 21.3. The molecule has 154 valence electrons. The number of aryl methyl sites for hydroxylation is 2. The smallest absolute Gasteiger partial charge is 0.325 e. The van der Waals surface area contributed by atoms with Crippen LogP contribution in [0.15, 0.2) is 54.7 Å². The molecule has 0 aliphatic carbocycles. The molecule has 0 saturated carbocycles. The molecule has 1 aromatic heterocycles. The molecule has 6 heteroatoms. The minimum absolute atomic E-state index is 0.259. The molecule has 2 N–H and O–H groups in total. The molecule has 3 amide bonds. The molecule has 2 aromatic carbocycles. The van der Waals surface area contributed by atoms with Crippen LogP contribution in [-0.4, -0.2) is 39.7 Å². The van der Waals surface area contributed by atoms with Gasteiger partial charge in [-0.05, 0) is 37.3 Å². The molecule has 4 rings (SSSR count). The molecule has 1 fully saturated rings. The van der Waals surface area contributed by atoms with Crippen molar-refractivity contribution in [2.75, 3.05) is 6.54 Å². The number of H-pyrrole nitrogens is 1. The normalized spacial score (nSPS) is 18.8. The second-order valence-corrected chi connectivity index (χ2v) is 7.96. The van der Waals surface area contributed by atoms with Crippen LogP contribution in [0, 0.1) is 0 Å². The van der Waals surface area contributed by atoms with Crippen molar-refractivity contribution < 1.29 is 14.4 Å². The van der Waals surface area contributed by atoms with E-state index in [4.69, 9.17) is 0 Å². The van der Waals surface area contributed by atoms with E-state index in [1.807, 2.05) is 48.5 Å². The number of imide groups is 1. The Hall–Kier alpha value is -3.41. The van der Waals surface area contributed by atoms with Crippen molar-refractivity contribution in [3.8, 4) is 0 Å². The summed E-state index contributed by atoms with van der Waals surface area (Å²) in [5, 5.41) is 3.60. The number of amides is 3. The molecule has 0 radical (unpaired) electrons. The quantitative estimate of drug-likeness (QED) is 0.464. The number of aromatic nitrogens is 1. The van der Waals surface area contributed by atoms with Crippen LogP contribution in [0.5, 0.6) is 0 Å². The summed E-state index contributed by atoms with van der Waals surface area (Å²) < 4.78 is 0. The molecule has 3 aromatic rings. The summed E-state index contributed by atoms with van der Waals surface area (Å²) in [5.41, 5.74) is 2.63. The zero-order valence-corrected chi connectivity index (χ0v) is 17.2. The Kier molecular flexibility index (Phi) is 5.16. The first-order chi connectivity index (χ1) is 14.4. The Morgan fingerprint density at radius 3 is 2.57 bits per heavy atom. The van der Waals surface area contributed by atoms with Gasteiger partial charge in [-0.25, -0.2) is 4.79 Å². The molecule has 1 aliphatic heterocycles. The number of benzene rings is 2. The van der Waals surface area contributed by atoms with Crippen molar-refractivity contribution in [1.29, 1.82) is 0 Å². The molecule has 0 bridgehead atoms. The molecule has 1 unspecified atom stereocenters. The lowest BCUT2D eigenvalue weighted by Crippen LogP contribution is -2.44. The number of rotatable bonds is 7. The van der Waals surface area contributed by atoms with Crippen molar-refractivity contribution in [2.24, 2.45) is 0 Å². The van der Waals surface area contributed by atoms with E-state index >= 15 is 0 Å². The maximum atomic E-state index is 13.0. The van der Waals surface area contributed by atoms with Gasteiger partial charge in [0.15, 0.2) is 5.78 Å². The Labute approximate surface area is 175 Å². The van der Waals surface area contributed by atoms with Gasteiger partial charge in [0.1, 0.15) is 5.54 Å². The fraction of sp³-hybridized carbons (Fsp3) is 0.292. The number of Topliss-reactive ketones (excluding diaryl/α,β-unsaturated/α-hetero) is 1. The van der Waals surface area contributed by atoms with Gasteiger partial charge in [-0.3, -0.25) is 14.5 Å².